The van der Waals surface area contributed by atoms with Crippen LogP contribution in [-0.4, -0.2) is 34.5 Å². The van der Waals surface area contributed by atoms with Gasteiger partial charge in [-0.25, -0.2) is 4.79 Å². The maximum atomic E-state index is 12.6. The first kappa shape index (κ1) is 15.0. The van der Waals surface area contributed by atoms with Crippen molar-refractivity contribution in [3.05, 3.63) is 34.3 Å². The second-order valence-electron chi connectivity index (χ2n) is 5.24. The van der Waals surface area contributed by atoms with Gasteiger partial charge in [0.1, 0.15) is 5.54 Å². The Kier molecular flexibility index (Phi) is 4.48. The van der Waals surface area contributed by atoms with E-state index in [0.717, 1.165) is 19.3 Å². The molecule has 0 heterocycles. The van der Waals surface area contributed by atoms with Gasteiger partial charge in [-0.1, -0.05) is 31.4 Å². The Morgan fingerprint density at radius 2 is 1.80 bits per heavy atom. The molecule has 4 nitrogen and oxygen atoms in total. The molecule has 20 heavy (non-hydrogen) atoms. The van der Waals surface area contributed by atoms with Gasteiger partial charge >= 0.3 is 5.97 Å². The number of likely N-dealkylation sites (N-methyl/N-ethyl adjacent to an activating group) is 1. The Morgan fingerprint density at radius 3 is 2.35 bits per heavy atom. The second kappa shape index (κ2) is 5.95. The van der Waals surface area contributed by atoms with Crippen molar-refractivity contribution in [2.24, 2.45) is 0 Å². The number of nitrogens with zero attached hydrogens (tertiary/aromatic N) is 1. The molecular weight excluding hydrogens is 322 g/mol. The molecule has 2 rings (SSSR count). The number of amides is 1. The van der Waals surface area contributed by atoms with Crippen LogP contribution in [-0.2, 0) is 4.79 Å². The molecule has 108 valence electrons. The molecule has 0 spiro atoms. The molecule has 1 N–H and O–H groups in total. The summed E-state index contributed by atoms with van der Waals surface area (Å²) in [6, 6.07) is 7.10. The smallest absolute Gasteiger partial charge is 0.329 e. The summed E-state index contributed by atoms with van der Waals surface area (Å²) < 4.78 is 0.688. The minimum Gasteiger partial charge on any atom is -0.479 e. The van der Waals surface area contributed by atoms with Crippen LogP contribution in [0.3, 0.4) is 0 Å². The normalized spacial score (nSPS) is 17.5. The molecular formula is C15H18BrNO3. The lowest BCUT2D eigenvalue weighted by molar-refractivity contribution is -0.151. The first-order chi connectivity index (χ1) is 9.49. The zero-order valence-corrected chi connectivity index (χ0v) is 13.0. The van der Waals surface area contributed by atoms with Gasteiger partial charge in [0.25, 0.3) is 5.91 Å². The topological polar surface area (TPSA) is 57.6 Å². The van der Waals surface area contributed by atoms with Crippen molar-refractivity contribution in [3.8, 4) is 0 Å². The molecule has 0 radical (unpaired) electrons. The SMILES string of the molecule is CN(C(=O)c1ccccc1Br)C1(C(=O)O)CCCCC1. The summed E-state index contributed by atoms with van der Waals surface area (Å²) in [6.45, 7) is 0. The van der Waals surface area contributed by atoms with Gasteiger partial charge in [-0.3, -0.25) is 4.79 Å². The number of carbonyl (C=O) groups excluding carboxylic acids is 1. The summed E-state index contributed by atoms with van der Waals surface area (Å²) in [5, 5.41) is 9.62. The van der Waals surface area contributed by atoms with E-state index >= 15 is 0 Å². The molecule has 0 saturated heterocycles. The van der Waals surface area contributed by atoms with Crippen LogP contribution in [0.15, 0.2) is 28.7 Å². The van der Waals surface area contributed by atoms with Crippen LogP contribution in [0.5, 0.6) is 0 Å². The fourth-order valence-corrected chi connectivity index (χ4v) is 3.29. The third-order valence-corrected chi connectivity index (χ3v) is 4.82. The zero-order valence-electron chi connectivity index (χ0n) is 11.4. The average molecular weight is 340 g/mol. The summed E-state index contributed by atoms with van der Waals surface area (Å²) in [4.78, 5) is 25.8. The van der Waals surface area contributed by atoms with E-state index < -0.39 is 11.5 Å². The summed E-state index contributed by atoms with van der Waals surface area (Å²) in [5.41, 5.74) is -0.564. The van der Waals surface area contributed by atoms with Crippen molar-refractivity contribution in [1.29, 1.82) is 0 Å². The summed E-state index contributed by atoms with van der Waals surface area (Å²) >= 11 is 3.35. The first-order valence-electron chi connectivity index (χ1n) is 6.75. The van der Waals surface area contributed by atoms with Gasteiger partial charge in [0.15, 0.2) is 0 Å². The maximum Gasteiger partial charge on any atom is 0.329 e. The number of rotatable bonds is 3. The number of aliphatic carboxylic acids is 1. The van der Waals surface area contributed by atoms with Crippen molar-refractivity contribution >= 4 is 27.8 Å². The number of carboxylic acid groups (broad SMARTS) is 1. The van der Waals surface area contributed by atoms with Crippen molar-refractivity contribution in [1.82, 2.24) is 4.90 Å². The molecule has 5 heteroatoms. The molecule has 1 saturated carbocycles. The number of hydrogen-bond acceptors (Lipinski definition) is 2. The van der Waals surface area contributed by atoms with Crippen molar-refractivity contribution in [3.63, 3.8) is 0 Å². The molecule has 1 aliphatic carbocycles. The number of hydrogen-bond donors (Lipinski definition) is 1. The minimum atomic E-state index is -1.06. The number of carbonyl (C=O) groups is 2. The van der Waals surface area contributed by atoms with E-state index in [1.807, 2.05) is 6.07 Å². The van der Waals surface area contributed by atoms with Crippen LogP contribution < -0.4 is 0 Å². The van der Waals surface area contributed by atoms with Crippen molar-refractivity contribution in [2.45, 2.75) is 37.6 Å². The van der Waals surface area contributed by atoms with Crippen molar-refractivity contribution in [2.75, 3.05) is 7.05 Å². The lowest BCUT2D eigenvalue weighted by Gasteiger charge is -2.41. The molecule has 0 aromatic heterocycles. The van der Waals surface area contributed by atoms with Gasteiger partial charge in [-0.05, 0) is 40.9 Å². The summed E-state index contributed by atoms with van der Waals surface area (Å²) in [5.74, 6) is -1.15. The Morgan fingerprint density at radius 1 is 1.20 bits per heavy atom. The summed E-state index contributed by atoms with van der Waals surface area (Å²) in [6.07, 6.45) is 3.77. The van der Waals surface area contributed by atoms with Gasteiger partial charge in [0.2, 0.25) is 0 Å². The quantitative estimate of drug-likeness (QED) is 0.918. The van der Waals surface area contributed by atoms with Gasteiger partial charge < -0.3 is 10.0 Å². The molecule has 1 aromatic rings. The highest BCUT2D eigenvalue weighted by Crippen LogP contribution is 2.34. The predicted octanol–water partition coefficient (Wildman–Crippen LogP) is 3.31. The van der Waals surface area contributed by atoms with Gasteiger partial charge in [0, 0.05) is 11.5 Å². The van der Waals surface area contributed by atoms with Crippen LogP contribution >= 0.6 is 15.9 Å². The van der Waals surface area contributed by atoms with Crippen LogP contribution in [0.2, 0.25) is 0 Å². The van der Waals surface area contributed by atoms with Crippen LogP contribution in [0.1, 0.15) is 42.5 Å². The van der Waals surface area contributed by atoms with E-state index in [-0.39, 0.29) is 5.91 Å². The van der Waals surface area contributed by atoms with Crippen molar-refractivity contribution < 1.29 is 14.7 Å². The zero-order chi connectivity index (χ0) is 14.8. The third kappa shape index (κ3) is 2.59. The van der Waals surface area contributed by atoms with Gasteiger partial charge in [-0.15, -0.1) is 0 Å². The maximum absolute atomic E-state index is 12.6. The third-order valence-electron chi connectivity index (χ3n) is 4.13. The number of carboxylic acids is 1. The molecule has 0 aliphatic heterocycles. The van der Waals surface area contributed by atoms with E-state index in [1.54, 1.807) is 25.2 Å². The highest BCUT2D eigenvalue weighted by atomic mass is 79.9. The second-order valence-corrected chi connectivity index (χ2v) is 6.10. The fourth-order valence-electron chi connectivity index (χ4n) is 2.84. The Labute approximate surface area is 126 Å². The van der Waals surface area contributed by atoms with Crippen LogP contribution in [0, 0.1) is 0 Å². The van der Waals surface area contributed by atoms with Gasteiger partial charge in [0.05, 0.1) is 5.56 Å². The minimum absolute atomic E-state index is 0.248. The Bertz CT molecular complexity index is 524. The molecule has 1 aromatic carbocycles. The highest BCUT2D eigenvalue weighted by Gasteiger charge is 2.45. The lowest BCUT2D eigenvalue weighted by atomic mass is 9.80. The molecule has 0 bridgehead atoms. The molecule has 1 aliphatic rings. The molecule has 1 fully saturated rings. The average Bonchev–Trinajstić information content (AvgIpc) is 2.47. The van der Waals surface area contributed by atoms with E-state index in [0.29, 0.717) is 22.9 Å². The van der Waals surface area contributed by atoms with E-state index in [1.165, 1.54) is 4.90 Å². The standard InChI is InChI=1S/C15H18BrNO3/c1-17(13(18)11-7-3-4-8-12(11)16)15(14(19)20)9-5-2-6-10-15/h3-4,7-8H,2,5-6,9-10H2,1H3,(H,19,20). The van der Waals surface area contributed by atoms with E-state index in [2.05, 4.69) is 15.9 Å². The Hall–Kier alpha value is -1.36. The van der Waals surface area contributed by atoms with Crippen LogP contribution in [0.25, 0.3) is 0 Å². The summed E-state index contributed by atoms with van der Waals surface area (Å²) in [7, 11) is 1.60. The largest absolute Gasteiger partial charge is 0.479 e. The molecule has 1 amide bonds. The monoisotopic (exact) mass is 339 g/mol. The Balaban J connectivity index is 2.33. The van der Waals surface area contributed by atoms with Gasteiger partial charge in [-0.2, -0.15) is 0 Å². The van der Waals surface area contributed by atoms with Crippen LogP contribution in [0.4, 0.5) is 0 Å². The highest BCUT2D eigenvalue weighted by molar-refractivity contribution is 9.10. The number of halogens is 1. The van der Waals surface area contributed by atoms with E-state index in [4.69, 9.17) is 0 Å². The lowest BCUT2D eigenvalue weighted by Crippen LogP contribution is -2.56. The fraction of sp³-hybridized carbons (Fsp3) is 0.467. The van der Waals surface area contributed by atoms with E-state index in [9.17, 15) is 14.7 Å². The molecule has 0 atom stereocenters. The first-order valence-corrected chi connectivity index (χ1v) is 7.54. The predicted molar refractivity (Wildman–Crippen MR) is 79.7 cm³/mol. The molecule has 0 unspecified atom stereocenters. The number of benzene rings is 1.